The zero-order valence-electron chi connectivity index (χ0n) is 14.1. The van der Waals surface area contributed by atoms with Gasteiger partial charge in [-0.1, -0.05) is 12.1 Å². The summed E-state index contributed by atoms with van der Waals surface area (Å²) >= 11 is 0. The van der Waals surface area contributed by atoms with Gasteiger partial charge < -0.3 is 20.1 Å². The number of phenols is 1. The predicted molar refractivity (Wildman–Crippen MR) is 88.1 cm³/mol. The fourth-order valence-corrected chi connectivity index (χ4v) is 3.34. The Labute approximate surface area is 137 Å². The van der Waals surface area contributed by atoms with Crippen LogP contribution in [0, 0.1) is 11.8 Å². The fraction of sp³-hybridized carbons (Fsp3) is 0.611. The first-order chi connectivity index (χ1) is 10.8. The Morgan fingerprint density at radius 3 is 2.70 bits per heavy atom. The Bertz CT molecular complexity index is 565. The topological polar surface area (TPSA) is 61.8 Å². The van der Waals surface area contributed by atoms with Crippen LogP contribution in [0.2, 0.25) is 0 Å². The van der Waals surface area contributed by atoms with Crippen molar-refractivity contribution in [3.05, 3.63) is 29.8 Å². The third-order valence-corrected chi connectivity index (χ3v) is 4.55. The lowest BCUT2D eigenvalue weighted by Gasteiger charge is -2.30. The molecular formula is C18H26N2O3. The summed E-state index contributed by atoms with van der Waals surface area (Å²) in [5.41, 5.74) is 0.672. The Morgan fingerprint density at radius 1 is 1.35 bits per heavy atom. The number of nitrogens with zero attached hydrogens (tertiary/aromatic N) is 1. The summed E-state index contributed by atoms with van der Waals surface area (Å²) in [6.07, 6.45) is 1.03. The van der Waals surface area contributed by atoms with Gasteiger partial charge in [0.2, 0.25) is 0 Å². The molecule has 1 aliphatic heterocycles. The van der Waals surface area contributed by atoms with E-state index in [-0.39, 0.29) is 17.9 Å². The minimum absolute atomic E-state index is 0.193. The second-order valence-corrected chi connectivity index (χ2v) is 7.66. The van der Waals surface area contributed by atoms with Crippen molar-refractivity contribution in [1.82, 2.24) is 10.2 Å². The minimum atomic E-state index is -0.451. The van der Waals surface area contributed by atoms with Crippen molar-refractivity contribution in [3.63, 3.8) is 0 Å². The number of piperidine rings is 1. The van der Waals surface area contributed by atoms with Crippen LogP contribution < -0.4 is 5.32 Å². The van der Waals surface area contributed by atoms with Crippen molar-refractivity contribution >= 4 is 6.09 Å². The predicted octanol–water partition coefficient (Wildman–Crippen LogP) is 2.74. The standard InChI is InChI=1S/C18H26N2O3/c1-18(2,3)23-17(22)20-11-13-8-15(13)16(20)10-19-9-12-4-6-14(21)7-5-12/h4-7,13,15-16,19,21H,8-11H2,1-3H3/t13-,15+,16+/m0/s1. The largest absolute Gasteiger partial charge is 0.508 e. The molecule has 2 fully saturated rings. The summed E-state index contributed by atoms with van der Waals surface area (Å²) in [7, 11) is 0. The smallest absolute Gasteiger partial charge is 0.410 e. The molecule has 0 aromatic heterocycles. The van der Waals surface area contributed by atoms with E-state index in [0.29, 0.717) is 11.8 Å². The molecule has 3 atom stereocenters. The van der Waals surface area contributed by atoms with E-state index in [1.807, 2.05) is 37.8 Å². The lowest BCUT2D eigenvalue weighted by molar-refractivity contribution is 0.0193. The van der Waals surface area contributed by atoms with Crippen LogP contribution in [0.3, 0.4) is 0 Å². The van der Waals surface area contributed by atoms with Gasteiger partial charge in [-0.25, -0.2) is 4.79 Å². The number of carbonyl (C=O) groups is 1. The Hall–Kier alpha value is -1.75. The van der Waals surface area contributed by atoms with Crippen LogP contribution in [0.15, 0.2) is 24.3 Å². The highest BCUT2D eigenvalue weighted by Crippen LogP contribution is 2.49. The maximum absolute atomic E-state index is 12.4. The summed E-state index contributed by atoms with van der Waals surface area (Å²) in [5, 5.41) is 12.7. The van der Waals surface area contributed by atoms with Crippen LogP contribution >= 0.6 is 0 Å². The number of amides is 1. The average molecular weight is 318 g/mol. The molecule has 3 rings (SSSR count). The zero-order chi connectivity index (χ0) is 16.6. The molecule has 1 aliphatic carbocycles. The van der Waals surface area contributed by atoms with Gasteiger partial charge in [-0.15, -0.1) is 0 Å². The molecule has 1 aromatic carbocycles. The minimum Gasteiger partial charge on any atom is -0.508 e. The number of hydrogen-bond donors (Lipinski definition) is 2. The number of aromatic hydroxyl groups is 1. The highest BCUT2D eigenvalue weighted by Gasteiger charge is 2.54. The lowest BCUT2D eigenvalue weighted by Crippen LogP contribution is -2.46. The van der Waals surface area contributed by atoms with Crippen molar-refractivity contribution in [2.45, 2.75) is 45.4 Å². The number of nitrogens with one attached hydrogen (secondary N) is 1. The number of hydrogen-bond acceptors (Lipinski definition) is 4. The van der Waals surface area contributed by atoms with E-state index in [0.717, 1.165) is 25.2 Å². The van der Waals surface area contributed by atoms with Crippen molar-refractivity contribution in [1.29, 1.82) is 0 Å². The second kappa shape index (κ2) is 6.04. The van der Waals surface area contributed by atoms with Gasteiger partial charge in [-0.05, 0) is 56.7 Å². The highest BCUT2D eigenvalue weighted by molar-refractivity contribution is 5.69. The molecule has 0 radical (unpaired) electrons. The Balaban J connectivity index is 1.53. The quantitative estimate of drug-likeness (QED) is 0.896. The first-order valence-corrected chi connectivity index (χ1v) is 8.32. The summed E-state index contributed by atoms with van der Waals surface area (Å²) in [6.45, 7) is 8.04. The van der Waals surface area contributed by atoms with Gasteiger partial charge in [0, 0.05) is 19.6 Å². The molecule has 1 amide bonds. The van der Waals surface area contributed by atoms with E-state index in [4.69, 9.17) is 4.74 Å². The Kier molecular flexibility index (Phi) is 4.23. The number of phenolic OH excluding ortho intramolecular Hbond substituents is 1. The van der Waals surface area contributed by atoms with E-state index in [2.05, 4.69) is 5.32 Å². The van der Waals surface area contributed by atoms with Crippen LogP contribution in [0.4, 0.5) is 4.79 Å². The van der Waals surface area contributed by atoms with Gasteiger partial charge in [-0.2, -0.15) is 0 Å². The maximum atomic E-state index is 12.4. The van der Waals surface area contributed by atoms with Crippen LogP contribution in [0.5, 0.6) is 5.75 Å². The normalized spacial score (nSPS) is 26.0. The van der Waals surface area contributed by atoms with E-state index in [9.17, 15) is 9.90 Å². The molecule has 1 heterocycles. The molecule has 0 spiro atoms. The molecule has 5 heteroatoms. The molecule has 0 bridgehead atoms. The van der Waals surface area contributed by atoms with E-state index < -0.39 is 5.60 Å². The maximum Gasteiger partial charge on any atom is 0.410 e. The first-order valence-electron chi connectivity index (χ1n) is 8.32. The third kappa shape index (κ3) is 3.96. The molecular weight excluding hydrogens is 292 g/mol. The van der Waals surface area contributed by atoms with Crippen molar-refractivity contribution in [3.8, 4) is 5.75 Å². The van der Waals surface area contributed by atoms with Gasteiger partial charge in [0.25, 0.3) is 0 Å². The van der Waals surface area contributed by atoms with Crippen molar-refractivity contribution in [2.75, 3.05) is 13.1 Å². The number of carbonyl (C=O) groups excluding carboxylic acids is 1. The number of ether oxygens (including phenoxy) is 1. The average Bonchev–Trinajstić information content (AvgIpc) is 3.13. The molecule has 5 nitrogen and oxygen atoms in total. The lowest BCUT2D eigenvalue weighted by atomic mass is 10.1. The SMILES string of the molecule is CC(C)(C)OC(=O)N1C[C@@H]2C[C@H]2[C@H]1CNCc1ccc(O)cc1. The number of benzene rings is 1. The van der Waals surface area contributed by atoms with E-state index in [1.165, 1.54) is 6.42 Å². The molecule has 23 heavy (non-hydrogen) atoms. The molecule has 1 saturated heterocycles. The highest BCUT2D eigenvalue weighted by atomic mass is 16.6. The fourth-order valence-electron chi connectivity index (χ4n) is 3.34. The van der Waals surface area contributed by atoms with Crippen molar-refractivity contribution in [2.24, 2.45) is 11.8 Å². The first kappa shape index (κ1) is 16.1. The number of likely N-dealkylation sites (tertiary alicyclic amines) is 1. The molecule has 2 aliphatic rings. The van der Waals surface area contributed by atoms with Gasteiger partial charge >= 0.3 is 6.09 Å². The summed E-state index contributed by atoms with van der Waals surface area (Å²) in [6, 6.07) is 7.42. The molecule has 1 aromatic rings. The molecule has 1 saturated carbocycles. The van der Waals surface area contributed by atoms with Gasteiger partial charge in [0.05, 0.1) is 6.04 Å². The number of rotatable bonds is 4. The van der Waals surface area contributed by atoms with E-state index >= 15 is 0 Å². The van der Waals surface area contributed by atoms with Crippen LogP contribution in [-0.4, -0.2) is 40.8 Å². The summed E-state index contributed by atoms with van der Waals surface area (Å²) in [4.78, 5) is 14.3. The number of fused-ring (bicyclic) bond motifs is 1. The molecule has 126 valence electrons. The monoisotopic (exact) mass is 318 g/mol. The van der Waals surface area contributed by atoms with Crippen LogP contribution in [-0.2, 0) is 11.3 Å². The van der Waals surface area contributed by atoms with Crippen LogP contribution in [0.1, 0.15) is 32.8 Å². The van der Waals surface area contributed by atoms with Crippen LogP contribution in [0.25, 0.3) is 0 Å². The summed E-state index contributed by atoms with van der Waals surface area (Å²) in [5.74, 6) is 1.55. The summed E-state index contributed by atoms with van der Waals surface area (Å²) < 4.78 is 5.53. The second-order valence-electron chi connectivity index (χ2n) is 7.66. The van der Waals surface area contributed by atoms with Gasteiger partial charge in [0.15, 0.2) is 0 Å². The molecule has 0 unspecified atom stereocenters. The Morgan fingerprint density at radius 2 is 2.04 bits per heavy atom. The van der Waals surface area contributed by atoms with E-state index in [1.54, 1.807) is 12.1 Å². The zero-order valence-corrected chi connectivity index (χ0v) is 14.1. The van der Waals surface area contributed by atoms with Gasteiger partial charge in [-0.3, -0.25) is 0 Å². The van der Waals surface area contributed by atoms with Gasteiger partial charge in [0.1, 0.15) is 11.4 Å². The molecule has 2 N–H and O–H groups in total. The third-order valence-electron chi connectivity index (χ3n) is 4.55. The van der Waals surface area contributed by atoms with Crippen molar-refractivity contribution < 1.29 is 14.6 Å².